The Morgan fingerprint density at radius 3 is 2.94 bits per heavy atom. The van der Waals surface area contributed by atoms with E-state index in [1.165, 1.54) is 4.57 Å². The van der Waals surface area contributed by atoms with Gasteiger partial charge in [0.2, 0.25) is 0 Å². The minimum Gasteiger partial charge on any atom is -0.309 e. The summed E-state index contributed by atoms with van der Waals surface area (Å²) in [4.78, 5) is 15.9. The highest BCUT2D eigenvalue weighted by Crippen LogP contribution is 2.14. The molecule has 0 saturated heterocycles. The third-order valence-corrected chi connectivity index (χ3v) is 3.35. The summed E-state index contributed by atoms with van der Waals surface area (Å²) >= 11 is 6.53. The first-order valence-corrected chi connectivity index (χ1v) is 6.60. The first-order valence-electron chi connectivity index (χ1n) is 5.01. The fraction of sp³-hybridized carbons (Fsp3) is 0.0833. The highest BCUT2D eigenvalue weighted by Gasteiger charge is 2.07. The number of nitrogens with zero attached hydrogens (tertiary/aromatic N) is 3. The molecule has 0 radical (unpaired) electrons. The highest BCUT2D eigenvalue weighted by atomic mass is 79.9. The fourth-order valence-electron chi connectivity index (χ4n) is 1.53. The second kappa shape index (κ2) is 5.46. The van der Waals surface area contributed by atoms with Crippen LogP contribution < -0.4 is 5.56 Å². The van der Waals surface area contributed by atoms with Gasteiger partial charge in [-0.3, -0.25) is 4.79 Å². The van der Waals surface area contributed by atoms with Crippen LogP contribution >= 0.6 is 31.9 Å². The molecule has 0 aliphatic heterocycles. The molecule has 2 heterocycles. The van der Waals surface area contributed by atoms with Gasteiger partial charge < -0.3 is 4.57 Å². The minimum atomic E-state index is -0.147. The van der Waals surface area contributed by atoms with Crippen molar-refractivity contribution in [3.05, 3.63) is 61.1 Å². The van der Waals surface area contributed by atoms with Gasteiger partial charge in [0.05, 0.1) is 11.0 Å². The quantitative estimate of drug-likeness (QED) is 0.818. The Balaban J connectivity index is 2.47. The number of hydrogen-bond acceptors (Lipinski definition) is 3. The second-order valence-corrected chi connectivity index (χ2v) is 5.33. The monoisotopic (exact) mass is 367 g/mol. The van der Waals surface area contributed by atoms with Gasteiger partial charge in [0, 0.05) is 22.4 Å². The molecule has 0 aliphatic rings. The lowest BCUT2D eigenvalue weighted by molar-refractivity contribution is 0.746. The van der Waals surface area contributed by atoms with E-state index in [4.69, 9.17) is 5.26 Å². The second-order valence-electron chi connectivity index (χ2n) is 3.56. The van der Waals surface area contributed by atoms with Gasteiger partial charge in [-0.2, -0.15) is 5.26 Å². The van der Waals surface area contributed by atoms with Crippen molar-refractivity contribution in [3.8, 4) is 6.07 Å². The molecule has 0 atom stereocenters. The van der Waals surface area contributed by atoms with E-state index in [1.54, 1.807) is 30.6 Å². The van der Waals surface area contributed by atoms with Crippen LogP contribution in [0, 0.1) is 11.3 Å². The van der Waals surface area contributed by atoms with E-state index in [2.05, 4.69) is 36.8 Å². The lowest BCUT2D eigenvalue weighted by Crippen LogP contribution is -2.21. The van der Waals surface area contributed by atoms with E-state index < -0.39 is 0 Å². The van der Waals surface area contributed by atoms with Crippen LogP contribution in [0.5, 0.6) is 0 Å². The van der Waals surface area contributed by atoms with E-state index in [0.29, 0.717) is 22.3 Å². The van der Waals surface area contributed by atoms with Crippen LogP contribution in [-0.4, -0.2) is 9.55 Å². The maximum Gasteiger partial charge on any atom is 0.265 e. The highest BCUT2D eigenvalue weighted by molar-refractivity contribution is 9.11. The van der Waals surface area contributed by atoms with Crippen molar-refractivity contribution in [2.45, 2.75) is 6.54 Å². The van der Waals surface area contributed by atoms with Gasteiger partial charge in [-0.25, -0.2) is 4.98 Å². The van der Waals surface area contributed by atoms with Crippen molar-refractivity contribution in [2.24, 2.45) is 0 Å². The largest absolute Gasteiger partial charge is 0.309 e. The Hall–Kier alpha value is -1.45. The lowest BCUT2D eigenvalue weighted by atomic mass is 10.2. The van der Waals surface area contributed by atoms with Crippen molar-refractivity contribution in [3.63, 3.8) is 0 Å². The summed E-state index contributed by atoms with van der Waals surface area (Å²) in [5.41, 5.74) is 0.901. The van der Waals surface area contributed by atoms with Gasteiger partial charge in [0.1, 0.15) is 11.8 Å². The number of nitriles is 1. The molecule has 90 valence electrons. The van der Waals surface area contributed by atoms with Gasteiger partial charge in [0.25, 0.3) is 5.56 Å². The van der Waals surface area contributed by atoms with Crippen molar-refractivity contribution >= 4 is 31.9 Å². The Labute approximate surface area is 120 Å². The number of hydrogen-bond donors (Lipinski definition) is 0. The minimum absolute atomic E-state index is 0.147. The number of halogens is 2. The summed E-state index contributed by atoms with van der Waals surface area (Å²) in [5.74, 6) is 0. The van der Waals surface area contributed by atoms with Gasteiger partial charge in [-0.1, -0.05) is 6.07 Å². The van der Waals surface area contributed by atoms with Gasteiger partial charge >= 0.3 is 0 Å². The Kier molecular flexibility index (Phi) is 3.94. The Morgan fingerprint density at radius 1 is 1.44 bits per heavy atom. The molecule has 0 N–H and O–H groups in total. The van der Waals surface area contributed by atoms with Crippen LogP contribution in [0.25, 0.3) is 0 Å². The van der Waals surface area contributed by atoms with E-state index in [9.17, 15) is 4.79 Å². The molecule has 0 amide bonds. The number of rotatable bonds is 2. The average Bonchev–Trinajstić information content (AvgIpc) is 2.36. The molecule has 0 aromatic carbocycles. The summed E-state index contributed by atoms with van der Waals surface area (Å²) < 4.78 is 2.78. The molecule has 0 saturated carbocycles. The molecule has 6 heteroatoms. The summed E-state index contributed by atoms with van der Waals surface area (Å²) in [7, 11) is 0. The lowest BCUT2D eigenvalue weighted by Gasteiger charge is -2.08. The topological polar surface area (TPSA) is 58.7 Å². The first-order chi connectivity index (χ1) is 8.61. The summed E-state index contributed by atoms with van der Waals surface area (Å²) in [6, 6.07) is 7.23. The molecule has 4 nitrogen and oxygen atoms in total. The Morgan fingerprint density at radius 2 is 2.22 bits per heavy atom. The zero-order chi connectivity index (χ0) is 13.1. The van der Waals surface area contributed by atoms with Crippen LogP contribution in [-0.2, 0) is 6.54 Å². The fourth-order valence-corrected chi connectivity index (χ4v) is 2.79. The molecule has 0 unspecified atom stereocenters. The predicted octanol–water partition coefficient (Wildman–Crippen LogP) is 2.69. The average molecular weight is 369 g/mol. The third kappa shape index (κ3) is 2.68. The summed E-state index contributed by atoms with van der Waals surface area (Å²) in [5, 5.41) is 8.96. The maximum absolute atomic E-state index is 11.9. The third-order valence-electron chi connectivity index (χ3n) is 2.35. The molecule has 2 rings (SSSR count). The van der Waals surface area contributed by atoms with Gasteiger partial charge in [-0.15, -0.1) is 0 Å². The molecular weight excluding hydrogens is 362 g/mol. The zero-order valence-electron chi connectivity index (χ0n) is 9.10. The summed E-state index contributed by atoms with van der Waals surface area (Å²) in [6.45, 7) is 0.313. The normalized spacial score (nSPS) is 10.1. The molecule has 0 aliphatic carbocycles. The summed E-state index contributed by atoms with van der Waals surface area (Å²) in [6.07, 6.45) is 3.24. The van der Waals surface area contributed by atoms with Crippen molar-refractivity contribution in [2.75, 3.05) is 0 Å². The van der Waals surface area contributed by atoms with Crippen LogP contribution in [0.3, 0.4) is 0 Å². The van der Waals surface area contributed by atoms with Crippen molar-refractivity contribution in [1.82, 2.24) is 9.55 Å². The number of aromatic nitrogens is 2. The standard InChI is InChI=1S/C12H7Br2N3O/c13-9-4-10(14)12(18)17(7-9)6-8-2-1-3-16-11(8)5-15/h1-4,7H,6H2. The molecule has 0 bridgehead atoms. The molecule has 18 heavy (non-hydrogen) atoms. The van der Waals surface area contributed by atoms with Crippen LogP contribution in [0.2, 0.25) is 0 Å². The number of pyridine rings is 2. The van der Waals surface area contributed by atoms with E-state index in [-0.39, 0.29) is 5.56 Å². The predicted molar refractivity (Wildman–Crippen MR) is 74.2 cm³/mol. The molecule has 2 aromatic rings. The molecular formula is C12H7Br2N3O. The first kappa shape index (κ1) is 13.0. The molecule has 2 aromatic heterocycles. The van der Waals surface area contributed by atoms with E-state index >= 15 is 0 Å². The van der Waals surface area contributed by atoms with E-state index in [0.717, 1.165) is 4.47 Å². The SMILES string of the molecule is N#Cc1ncccc1Cn1cc(Br)cc(Br)c1=O. The smallest absolute Gasteiger partial charge is 0.265 e. The van der Waals surface area contributed by atoms with Gasteiger partial charge in [-0.05, 0) is 44.0 Å². The Bertz CT molecular complexity index is 688. The van der Waals surface area contributed by atoms with E-state index in [1.807, 2.05) is 6.07 Å². The zero-order valence-corrected chi connectivity index (χ0v) is 12.3. The van der Waals surface area contributed by atoms with Crippen molar-refractivity contribution < 1.29 is 0 Å². The maximum atomic E-state index is 11.9. The van der Waals surface area contributed by atoms with Crippen molar-refractivity contribution in [1.29, 1.82) is 5.26 Å². The van der Waals surface area contributed by atoms with Gasteiger partial charge in [0.15, 0.2) is 0 Å². The molecule has 0 fully saturated rings. The van der Waals surface area contributed by atoms with Crippen LogP contribution in [0.15, 0.2) is 44.3 Å². The van der Waals surface area contributed by atoms with Crippen LogP contribution in [0.4, 0.5) is 0 Å². The molecule has 0 spiro atoms. The van der Waals surface area contributed by atoms with Crippen LogP contribution in [0.1, 0.15) is 11.3 Å².